The van der Waals surface area contributed by atoms with Crippen molar-refractivity contribution in [2.75, 3.05) is 0 Å². The first-order valence-electron chi connectivity index (χ1n) is 5.35. The van der Waals surface area contributed by atoms with Gasteiger partial charge in [-0.3, -0.25) is 0 Å². The first-order valence-corrected chi connectivity index (χ1v) is 7.20. The van der Waals surface area contributed by atoms with Crippen molar-refractivity contribution >= 4 is 27.7 Å². The third-order valence-corrected chi connectivity index (χ3v) is 5.37. The molecule has 4 heteroatoms. The maximum absolute atomic E-state index is 13.4. The molecule has 0 radical (unpaired) electrons. The maximum atomic E-state index is 13.4. The number of thioether (sulfide) groups is 1. The maximum Gasteiger partial charge on any atom is 0.124 e. The minimum Gasteiger partial charge on any atom is -0.323 e. The van der Waals surface area contributed by atoms with Gasteiger partial charge >= 0.3 is 0 Å². The summed E-state index contributed by atoms with van der Waals surface area (Å²) in [6.07, 6.45) is 0. The standard InChI is InChI=1S/C12H15BrFNS/c1-6(2)12-11(15)8-3-7(14)4-10(13)9(8)5-16-12/h3-4,6,11-12H,5,15H2,1-2H3. The monoisotopic (exact) mass is 303 g/mol. The van der Waals surface area contributed by atoms with Crippen molar-refractivity contribution in [1.29, 1.82) is 0 Å². The van der Waals surface area contributed by atoms with Gasteiger partial charge in [-0.1, -0.05) is 29.8 Å². The van der Waals surface area contributed by atoms with E-state index in [-0.39, 0.29) is 11.9 Å². The Morgan fingerprint density at radius 3 is 2.81 bits per heavy atom. The summed E-state index contributed by atoms with van der Waals surface area (Å²) in [6, 6.07) is 3.03. The zero-order chi connectivity index (χ0) is 11.9. The molecule has 2 N–H and O–H groups in total. The molecule has 16 heavy (non-hydrogen) atoms. The van der Waals surface area contributed by atoms with Gasteiger partial charge in [0.2, 0.25) is 0 Å². The van der Waals surface area contributed by atoms with Gasteiger partial charge in [0.25, 0.3) is 0 Å². The molecule has 2 unspecified atom stereocenters. The summed E-state index contributed by atoms with van der Waals surface area (Å²) < 4.78 is 14.2. The Hall–Kier alpha value is -0.0600. The van der Waals surface area contributed by atoms with Crippen LogP contribution in [0.2, 0.25) is 0 Å². The molecule has 0 bridgehead atoms. The fourth-order valence-corrected chi connectivity index (χ4v) is 4.33. The van der Waals surface area contributed by atoms with Gasteiger partial charge in [-0.2, -0.15) is 11.8 Å². The summed E-state index contributed by atoms with van der Waals surface area (Å²) in [5.41, 5.74) is 8.33. The zero-order valence-electron chi connectivity index (χ0n) is 9.34. The fraction of sp³-hybridized carbons (Fsp3) is 0.500. The number of hydrogen-bond acceptors (Lipinski definition) is 2. The van der Waals surface area contributed by atoms with Crippen LogP contribution in [0.4, 0.5) is 4.39 Å². The predicted octanol–water partition coefficient (Wildman–Crippen LogP) is 3.86. The highest BCUT2D eigenvalue weighted by molar-refractivity contribution is 9.10. The van der Waals surface area contributed by atoms with Gasteiger partial charge in [-0.05, 0) is 29.2 Å². The highest BCUT2D eigenvalue weighted by atomic mass is 79.9. The van der Waals surface area contributed by atoms with Crippen LogP contribution in [-0.2, 0) is 5.75 Å². The average Bonchev–Trinajstić information content (AvgIpc) is 2.19. The van der Waals surface area contributed by atoms with Gasteiger partial charge in [0.15, 0.2) is 0 Å². The van der Waals surface area contributed by atoms with E-state index in [0.29, 0.717) is 11.2 Å². The van der Waals surface area contributed by atoms with Gasteiger partial charge in [-0.15, -0.1) is 0 Å². The minimum absolute atomic E-state index is 0.0688. The number of hydrogen-bond donors (Lipinski definition) is 1. The topological polar surface area (TPSA) is 26.0 Å². The van der Waals surface area contributed by atoms with Crippen LogP contribution in [0.3, 0.4) is 0 Å². The van der Waals surface area contributed by atoms with Crippen molar-refractivity contribution in [3.8, 4) is 0 Å². The van der Waals surface area contributed by atoms with Gasteiger partial charge in [-0.25, -0.2) is 4.39 Å². The number of fused-ring (bicyclic) bond motifs is 1. The van der Waals surface area contributed by atoms with E-state index in [0.717, 1.165) is 21.4 Å². The smallest absolute Gasteiger partial charge is 0.124 e. The normalized spacial score (nSPS) is 24.6. The second-order valence-electron chi connectivity index (χ2n) is 4.50. The molecule has 0 aromatic heterocycles. The van der Waals surface area contributed by atoms with Crippen LogP contribution < -0.4 is 5.73 Å². The van der Waals surface area contributed by atoms with Gasteiger partial charge in [0.1, 0.15) is 5.82 Å². The van der Waals surface area contributed by atoms with E-state index in [1.165, 1.54) is 6.07 Å². The molecule has 0 saturated carbocycles. The Morgan fingerprint density at radius 1 is 1.50 bits per heavy atom. The van der Waals surface area contributed by atoms with Crippen LogP contribution in [0.5, 0.6) is 0 Å². The van der Waals surface area contributed by atoms with E-state index in [1.54, 1.807) is 6.07 Å². The molecule has 0 amide bonds. The van der Waals surface area contributed by atoms with E-state index < -0.39 is 0 Å². The molecule has 1 aromatic carbocycles. The second kappa shape index (κ2) is 4.67. The summed E-state index contributed by atoms with van der Waals surface area (Å²) in [5, 5.41) is 0.376. The molecule has 1 aliphatic rings. The lowest BCUT2D eigenvalue weighted by molar-refractivity contribution is 0.516. The number of nitrogens with two attached hydrogens (primary N) is 1. The minimum atomic E-state index is -0.213. The molecule has 0 saturated heterocycles. The lowest BCUT2D eigenvalue weighted by Gasteiger charge is -2.33. The number of benzene rings is 1. The van der Waals surface area contributed by atoms with E-state index in [2.05, 4.69) is 29.8 Å². The highest BCUT2D eigenvalue weighted by Crippen LogP contribution is 2.42. The van der Waals surface area contributed by atoms with Crippen LogP contribution in [0.25, 0.3) is 0 Å². The first kappa shape index (κ1) is 12.4. The summed E-state index contributed by atoms with van der Waals surface area (Å²) >= 11 is 5.27. The molecular weight excluding hydrogens is 289 g/mol. The van der Waals surface area contributed by atoms with E-state index in [9.17, 15) is 4.39 Å². The number of rotatable bonds is 1. The number of halogens is 2. The molecule has 1 aromatic rings. The largest absolute Gasteiger partial charge is 0.323 e. The van der Waals surface area contributed by atoms with Crippen LogP contribution in [0.15, 0.2) is 16.6 Å². The van der Waals surface area contributed by atoms with E-state index >= 15 is 0 Å². The third kappa shape index (κ3) is 2.15. The lowest BCUT2D eigenvalue weighted by atomic mass is 9.93. The lowest BCUT2D eigenvalue weighted by Crippen LogP contribution is -2.32. The Kier molecular flexibility index (Phi) is 3.62. The van der Waals surface area contributed by atoms with Crippen molar-refractivity contribution in [1.82, 2.24) is 0 Å². The first-order chi connectivity index (χ1) is 7.50. The van der Waals surface area contributed by atoms with Crippen molar-refractivity contribution in [2.45, 2.75) is 30.9 Å². The molecule has 0 aliphatic carbocycles. The molecule has 1 nitrogen and oxygen atoms in total. The summed E-state index contributed by atoms with van der Waals surface area (Å²) in [7, 11) is 0. The van der Waals surface area contributed by atoms with Gasteiger partial charge in [0.05, 0.1) is 0 Å². The van der Waals surface area contributed by atoms with Crippen LogP contribution in [0.1, 0.15) is 31.0 Å². The summed E-state index contributed by atoms with van der Waals surface area (Å²) in [6.45, 7) is 4.33. The van der Waals surface area contributed by atoms with Gasteiger partial charge < -0.3 is 5.73 Å². The second-order valence-corrected chi connectivity index (χ2v) is 6.52. The molecular formula is C12H15BrFNS. The van der Waals surface area contributed by atoms with E-state index in [1.807, 2.05) is 11.8 Å². The molecule has 1 aliphatic heterocycles. The summed E-state index contributed by atoms with van der Waals surface area (Å²) in [4.78, 5) is 0. The highest BCUT2D eigenvalue weighted by Gasteiger charge is 2.30. The average molecular weight is 304 g/mol. The van der Waals surface area contributed by atoms with Crippen LogP contribution >= 0.6 is 27.7 Å². The molecule has 88 valence electrons. The predicted molar refractivity (Wildman–Crippen MR) is 70.9 cm³/mol. The van der Waals surface area contributed by atoms with Crippen LogP contribution in [0, 0.1) is 11.7 Å². The molecule has 2 atom stereocenters. The van der Waals surface area contributed by atoms with Crippen molar-refractivity contribution < 1.29 is 4.39 Å². The Morgan fingerprint density at radius 2 is 2.19 bits per heavy atom. The van der Waals surface area contributed by atoms with Gasteiger partial charge in [0, 0.05) is 21.5 Å². The fourth-order valence-electron chi connectivity index (χ4n) is 2.14. The Labute approximate surface area is 108 Å². The van der Waals surface area contributed by atoms with Crippen LogP contribution in [-0.4, -0.2) is 5.25 Å². The van der Waals surface area contributed by atoms with E-state index in [4.69, 9.17) is 5.73 Å². The molecule has 0 fully saturated rings. The quantitative estimate of drug-likeness (QED) is 0.852. The van der Waals surface area contributed by atoms with Crippen molar-refractivity contribution in [2.24, 2.45) is 11.7 Å². The zero-order valence-corrected chi connectivity index (χ0v) is 11.7. The third-order valence-electron chi connectivity index (χ3n) is 2.99. The van der Waals surface area contributed by atoms with Crippen molar-refractivity contribution in [3.63, 3.8) is 0 Å². The molecule has 0 spiro atoms. The Balaban J connectivity index is 2.44. The van der Waals surface area contributed by atoms with Crippen molar-refractivity contribution in [3.05, 3.63) is 33.5 Å². The molecule has 2 rings (SSSR count). The molecule has 1 heterocycles. The Bertz CT molecular complexity index is 408. The summed E-state index contributed by atoms with van der Waals surface area (Å²) in [5.74, 6) is 1.21. The SMILES string of the molecule is CC(C)C1SCc2c(Br)cc(F)cc2C1N.